The predicted molar refractivity (Wildman–Crippen MR) is 93.4 cm³/mol. The van der Waals surface area contributed by atoms with Crippen molar-refractivity contribution in [3.05, 3.63) is 65.2 Å². The lowest BCUT2D eigenvalue weighted by atomic mass is 9.96. The van der Waals surface area contributed by atoms with Crippen LogP contribution in [0.1, 0.15) is 55.7 Å². The Hall–Kier alpha value is -2.09. The molecular weight excluding hydrogens is 270 g/mol. The molecule has 2 aromatic carbocycles. The van der Waals surface area contributed by atoms with E-state index in [1.54, 1.807) is 0 Å². The predicted octanol–water partition coefficient (Wildman–Crippen LogP) is 5.25. The minimum absolute atomic E-state index is 0.0764. The van der Waals surface area contributed by atoms with E-state index < -0.39 is 0 Å². The van der Waals surface area contributed by atoms with Gasteiger partial charge in [0.05, 0.1) is 0 Å². The molecule has 0 heterocycles. The van der Waals surface area contributed by atoms with E-state index in [-0.39, 0.29) is 11.8 Å². The van der Waals surface area contributed by atoms with Gasteiger partial charge in [-0.3, -0.25) is 4.79 Å². The molecule has 22 heavy (non-hydrogen) atoms. The summed E-state index contributed by atoms with van der Waals surface area (Å²) in [5.41, 5.74) is 4.49. The number of carbonyl (C=O) groups is 1. The third-order valence-electron chi connectivity index (χ3n) is 4.05. The van der Waals surface area contributed by atoms with Gasteiger partial charge in [0.15, 0.2) is 0 Å². The van der Waals surface area contributed by atoms with E-state index in [0.29, 0.717) is 12.3 Å². The van der Waals surface area contributed by atoms with E-state index in [9.17, 15) is 4.79 Å². The number of hydrogen-bond acceptors (Lipinski definition) is 1. The van der Waals surface area contributed by atoms with Gasteiger partial charge in [-0.05, 0) is 35.4 Å². The molecule has 116 valence electrons. The molecule has 2 nitrogen and oxygen atoms in total. The first-order chi connectivity index (χ1) is 10.5. The van der Waals surface area contributed by atoms with Crippen molar-refractivity contribution in [3.8, 4) is 0 Å². The smallest absolute Gasteiger partial charge is 0.224 e. The van der Waals surface area contributed by atoms with Gasteiger partial charge in [0, 0.05) is 12.1 Å². The maximum absolute atomic E-state index is 12.4. The average molecular weight is 295 g/mol. The van der Waals surface area contributed by atoms with Crippen LogP contribution >= 0.6 is 0 Å². The Morgan fingerprint density at radius 1 is 1.00 bits per heavy atom. The van der Waals surface area contributed by atoms with Gasteiger partial charge >= 0.3 is 0 Å². The molecular formula is C20H25NO. The van der Waals surface area contributed by atoms with Crippen molar-refractivity contribution in [2.24, 2.45) is 0 Å². The molecule has 0 aromatic heterocycles. The molecule has 2 aromatic rings. The van der Waals surface area contributed by atoms with Gasteiger partial charge in [0.2, 0.25) is 5.91 Å². The lowest BCUT2D eigenvalue weighted by Gasteiger charge is -2.18. The lowest BCUT2D eigenvalue weighted by Crippen LogP contribution is -2.16. The fourth-order valence-electron chi connectivity index (χ4n) is 2.71. The number of amides is 1. The molecule has 0 bridgehead atoms. The van der Waals surface area contributed by atoms with Gasteiger partial charge in [0.25, 0.3) is 0 Å². The molecule has 0 aliphatic heterocycles. The molecule has 0 fully saturated rings. The third kappa shape index (κ3) is 3.97. The lowest BCUT2D eigenvalue weighted by molar-refractivity contribution is -0.116. The molecule has 1 atom stereocenters. The number of benzene rings is 2. The molecule has 0 radical (unpaired) electrons. The van der Waals surface area contributed by atoms with Crippen LogP contribution in [0.3, 0.4) is 0 Å². The van der Waals surface area contributed by atoms with E-state index in [1.165, 1.54) is 11.1 Å². The molecule has 2 rings (SSSR count). The average Bonchev–Trinajstić information content (AvgIpc) is 2.49. The van der Waals surface area contributed by atoms with E-state index in [4.69, 9.17) is 0 Å². The Kier molecular flexibility index (Phi) is 5.37. The zero-order valence-electron chi connectivity index (χ0n) is 13.9. The number of anilines is 1. The second-order valence-electron chi connectivity index (χ2n) is 6.26. The Morgan fingerprint density at radius 3 is 2.32 bits per heavy atom. The van der Waals surface area contributed by atoms with Crippen LogP contribution in [0, 0.1) is 6.92 Å². The van der Waals surface area contributed by atoms with Gasteiger partial charge in [-0.1, -0.05) is 69.3 Å². The fraction of sp³-hybridized carbons (Fsp3) is 0.350. The van der Waals surface area contributed by atoms with Crippen molar-refractivity contribution in [2.45, 2.75) is 46.0 Å². The van der Waals surface area contributed by atoms with Crippen LogP contribution in [-0.2, 0) is 4.79 Å². The number of nitrogens with one attached hydrogen (secondary N) is 1. The van der Waals surface area contributed by atoms with Gasteiger partial charge in [0.1, 0.15) is 0 Å². The Bertz CT molecular complexity index is 631. The van der Waals surface area contributed by atoms with Gasteiger partial charge in [-0.15, -0.1) is 0 Å². The summed E-state index contributed by atoms with van der Waals surface area (Å²) in [5, 5.41) is 3.12. The minimum atomic E-state index is 0.0764. The van der Waals surface area contributed by atoms with E-state index in [1.807, 2.05) is 37.3 Å². The zero-order valence-corrected chi connectivity index (χ0v) is 13.9. The Labute approximate surface area is 133 Å². The van der Waals surface area contributed by atoms with Crippen LogP contribution in [0.4, 0.5) is 5.69 Å². The monoisotopic (exact) mass is 295 g/mol. The first kappa shape index (κ1) is 16.3. The second-order valence-corrected chi connectivity index (χ2v) is 6.26. The van der Waals surface area contributed by atoms with Crippen LogP contribution in [-0.4, -0.2) is 5.91 Å². The Balaban J connectivity index is 2.10. The summed E-state index contributed by atoms with van der Waals surface area (Å²) in [6, 6.07) is 16.4. The highest BCUT2D eigenvalue weighted by atomic mass is 16.1. The van der Waals surface area contributed by atoms with Crippen molar-refractivity contribution < 1.29 is 4.79 Å². The number of rotatable bonds is 5. The van der Waals surface area contributed by atoms with Crippen LogP contribution in [0.15, 0.2) is 48.5 Å². The van der Waals surface area contributed by atoms with Gasteiger partial charge in [-0.2, -0.15) is 0 Å². The van der Waals surface area contributed by atoms with Crippen LogP contribution in [0.25, 0.3) is 0 Å². The van der Waals surface area contributed by atoms with Crippen LogP contribution < -0.4 is 5.32 Å². The van der Waals surface area contributed by atoms with Gasteiger partial charge in [-0.25, -0.2) is 0 Å². The second kappa shape index (κ2) is 7.26. The molecule has 0 unspecified atom stereocenters. The number of para-hydroxylation sites is 1. The molecule has 0 aliphatic carbocycles. The molecule has 0 saturated carbocycles. The molecule has 2 heteroatoms. The first-order valence-corrected chi connectivity index (χ1v) is 7.93. The molecule has 0 saturated heterocycles. The summed E-state index contributed by atoms with van der Waals surface area (Å²) in [7, 11) is 0. The van der Waals surface area contributed by atoms with Crippen molar-refractivity contribution in [1.82, 2.24) is 0 Å². The molecule has 1 N–H and O–H groups in total. The van der Waals surface area contributed by atoms with Gasteiger partial charge < -0.3 is 5.32 Å². The molecule has 0 spiro atoms. The summed E-state index contributed by atoms with van der Waals surface area (Å²) in [4.78, 5) is 12.4. The standard InChI is InChI=1S/C20H25NO/c1-14(2)18-12-8-9-15(3)20(18)21-19(22)13-16(4)17-10-6-5-7-11-17/h5-12,14,16H,13H2,1-4H3,(H,21,22)/t16-/m1/s1. The third-order valence-corrected chi connectivity index (χ3v) is 4.05. The highest BCUT2D eigenvalue weighted by molar-refractivity contribution is 5.93. The minimum Gasteiger partial charge on any atom is -0.326 e. The van der Waals surface area contributed by atoms with Crippen LogP contribution in [0.5, 0.6) is 0 Å². The summed E-state index contributed by atoms with van der Waals surface area (Å²) < 4.78 is 0. The number of aryl methyl sites for hydroxylation is 1. The normalized spacial score (nSPS) is 12.2. The van der Waals surface area contributed by atoms with E-state index in [2.05, 4.69) is 44.3 Å². The highest BCUT2D eigenvalue weighted by Gasteiger charge is 2.15. The van der Waals surface area contributed by atoms with Crippen molar-refractivity contribution in [1.29, 1.82) is 0 Å². The summed E-state index contributed by atoms with van der Waals surface area (Å²) in [6.07, 6.45) is 0.496. The van der Waals surface area contributed by atoms with E-state index in [0.717, 1.165) is 11.3 Å². The highest BCUT2D eigenvalue weighted by Crippen LogP contribution is 2.28. The fourth-order valence-corrected chi connectivity index (χ4v) is 2.71. The van der Waals surface area contributed by atoms with E-state index >= 15 is 0 Å². The summed E-state index contributed by atoms with van der Waals surface area (Å²) in [6.45, 7) is 8.44. The Morgan fingerprint density at radius 2 is 1.68 bits per heavy atom. The quantitative estimate of drug-likeness (QED) is 0.802. The number of carbonyl (C=O) groups excluding carboxylic acids is 1. The summed E-state index contributed by atoms with van der Waals surface area (Å²) >= 11 is 0. The molecule has 0 aliphatic rings. The maximum atomic E-state index is 12.4. The topological polar surface area (TPSA) is 29.1 Å². The zero-order chi connectivity index (χ0) is 16.1. The SMILES string of the molecule is Cc1cccc(C(C)C)c1NC(=O)C[C@@H](C)c1ccccc1. The largest absolute Gasteiger partial charge is 0.326 e. The first-order valence-electron chi connectivity index (χ1n) is 7.93. The maximum Gasteiger partial charge on any atom is 0.224 e. The number of hydrogen-bond donors (Lipinski definition) is 1. The van der Waals surface area contributed by atoms with Crippen molar-refractivity contribution >= 4 is 11.6 Å². The van der Waals surface area contributed by atoms with Crippen LogP contribution in [0.2, 0.25) is 0 Å². The summed E-state index contributed by atoms with van der Waals surface area (Å²) in [5.74, 6) is 0.682. The van der Waals surface area contributed by atoms with Crippen molar-refractivity contribution in [2.75, 3.05) is 5.32 Å². The van der Waals surface area contributed by atoms with Crippen molar-refractivity contribution in [3.63, 3.8) is 0 Å². The molecule has 1 amide bonds.